The van der Waals surface area contributed by atoms with Gasteiger partial charge in [0.2, 0.25) is 0 Å². The van der Waals surface area contributed by atoms with Crippen LogP contribution in [0.15, 0.2) is 42.5 Å². The van der Waals surface area contributed by atoms with Crippen molar-refractivity contribution in [3.63, 3.8) is 0 Å². The Morgan fingerprint density at radius 2 is 1.54 bits per heavy atom. The van der Waals surface area contributed by atoms with Crippen molar-refractivity contribution in [2.75, 3.05) is 7.11 Å². The molecule has 3 nitrogen and oxygen atoms in total. The predicted octanol–water partition coefficient (Wildman–Crippen LogP) is 4.66. The monoisotopic (exact) mass is 377 g/mol. The van der Waals surface area contributed by atoms with Gasteiger partial charge in [-0.15, -0.1) is 0 Å². The average Bonchev–Trinajstić information content (AvgIpc) is 2.58. The topological polar surface area (TPSA) is 38.3 Å². The number of ether oxygens (including phenoxy) is 1. The first-order chi connectivity index (χ1) is 12.0. The Morgan fingerprint density at radius 3 is 2.04 bits per heavy atom. The van der Waals surface area contributed by atoms with E-state index in [-0.39, 0.29) is 12.6 Å². The molecule has 2 rings (SSSR count). The van der Waals surface area contributed by atoms with E-state index in [9.17, 15) is 31.1 Å². The number of methoxy groups -OCH3 is 1. The van der Waals surface area contributed by atoms with E-state index >= 15 is 0 Å². The molecule has 0 saturated carbocycles. The lowest BCUT2D eigenvalue weighted by molar-refractivity contribution is -0.143. The quantitative estimate of drug-likeness (QED) is 0.787. The Labute approximate surface area is 144 Å². The second kappa shape index (κ2) is 7.27. The second-order valence-corrected chi connectivity index (χ2v) is 5.33. The van der Waals surface area contributed by atoms with Crippen molar-refractivity contribution >= 4 is 5.91 Å². The lowest BCUT2D eigenvalue weighted by Crippen LogP contribution is -2.24. The van der Waals surface area contributed by atoms with Crippen LogP contribution in [0.4, 0.5) is 26.3 Å². The van der Waals surface area contributed by atoms with Gasteiger partial charge in [0.25, 0.3) is 5.91 Å². The van der Waals surface area contributed by atoms with Gasteiger partial charge >= 0.3 is 12.4 Å². The van der Waals surface area contributed by atoms with Gasteiger partial charge in [-0.1, -0.05) is 12.1 Å². The maximum Gasteiger partial charge on any atom is 0.416 e. The Hall–Kier alpha value is -2.71. The molecule has 1 amide bonds. The molecule has 0 spiro atoms. The smallest absolute Gasteiger partial charge is 0.416 e. The zero-order chi connectivity index (χ0) is 19.5. The SMILES string of the molecule is COc1cccc(CNC(=O)c2cc(C(F)(F)F)cc(C(F)(F)F)c2)c1. The number of halogens is 6. The summed E-state index contributed by atoms with van der Waals surface area (Å²) in [6.07, 6.45) is -10.0. The fraction of sp³-hybridized carbons (Fsp3) is 0.235. The lowest BCUT2D eigenvalue weighted by Gasteiger charge is -2.14. The number of carbonyl (C=O) groups excluding carboxylic acids is 1. The summed E-state index contributed by atoms with van der Waals surface area (Å²) < 4.78 is 81.9. The lowest BCUT2D eigenvalue weighted by atomic mass is 10.0. The average molecular weight is 377 g/mol. The van der Waals surface area contributed by atoms with E-state index in [1.165, 1.54) is 7.11 Å². The summed E-state index contributed by atoms with van der Waals surface area (Å²) in [7, 11) is 1.43. The van der Waals surface area contributed by atoms with E-state index < -0.39 is 35.0 Å². The second-order valence-electron chi connectivity index (χ2n) is 5.33. The van der Waals surface area contributed by atoms with Crippen LogP contribution >= 0.6 is 0 Å². The highest BCUT2D eigenvalue weighted by atomic mass is 19.4. The number of hydrogen-bond donors (Lipinski definition) is 1. The highest BCUT2D eigenvalue weighted by Gasteiger charge is 2.37. The molecule has 0 bridgehead atoms. The highest BCUT2D eigenvalue weighted by molar-refractivity contribution is 5.94. The first-order valence-corrected chi connectivity index (χ1v) is 7.21. The third-order valence-corrected chi connectivity index (χ3v) is 3.44. The van der Waals surface area contributed by atoms with Crippen molar-refractivity contribution in [2.45, 2.75) is 18.9 Å². The van der Waals surface area contributed by atoms with E-state index in [0.717, 1.165) is 0 Å². The van der Waals surface area contributed by atoms with Crippen molar-refractivity contribution in [3.05, 3.63) is 64.7 Å². The third kappa shape index (κ3) is 4.90. The first-order valence-electron chi connectivity index (χ1n) is 7.21. The van der Waals surface area contributed by atoms with E-state index in [1.54, 1.807) is 24.3 Å². The van der Waals surface area contributed by atoms with Crippen LogP contribution in [0.2, 0.25) is 0 Å². The summed E-state index contributed by atoms with van der Waals surface area (Å²) in [5, 5.41) is 2.29. The van der Waals surface area contributed by atoms with Crippen LogP contribution in [0.25, 0.3) is 0 Å². The van der Waals surface area contributed by atoms with Gasteiger partial charge in [-0.25, -0.2) is 0 Å². The minimum Gasteiger partial charge on any atom is -0.497 e. The zero-order valence-electron chi connectivity index (χ0n) is 13.3. The first kappa shape index (κ1) is 19.6. The van der Waals surface area contributed by atoms with Crippen LogP contribution in [0.3, 0.4) is 0 Å². The summed E-state index contributed by atoms with van der Waals surface area (Å²) in [5.41, 5.74) is -3.24. The molecule has 26 heavy (non-hydrogen) atoms. The molecule has 1 N–H and O–H groups in total. The normalized spacial score (nSPS) is 12.0. The molecule has 0 atom stereocenters. The molecule has 0 aliphatic carbocycles. The maximum absolute atomic E-state index is 12.8. The van der Waals surface area contributed by atoms with Gasteiger partial charge in [-0.3, -0.25) is 4.79 Å². The largest absolute Gasteiger partial charge is 0.497 e. The van der Waals surface area contributed by atoms with Crippen molar-refractivity contribution < 1.29 is 35.9 Å². The number of benzene rings is 2. The van der Waals surface area contributed by atoms with Gasteiger partial charge < -0.3 is 10.1 Å². The van der Waals surface area contributed by atoms with E-state index in [4.69, 9.17) is 4.74 Å². The van der Waals surface area contributed by atoms with Gasteiger partial charge in [0.05, 0.1) is 18.2 Å². The standard InChI is InChI=1S/C17H13F6NO2/c1-26-14-4-2-3-10(5-14)9-24-15(25)11-6-12(16(18,19)20)8-13(7-11)17(21,22)23/h2-8H,9H2,1H3,(H,24,25). The molecule has 0 heterocycles. The van der Waals surface area contributed by atoms with Crippen LogP contribution < -0.4 is 10.1 Å². The summed E-state index contributed by atoms with van der Waals surface area (Å²) in [5.74, 6) is -0.556. The van der Waals surface area contributed by atoms with Crippen LogP contribution in [0.1, 0.15) is 27.0 Å². The number of rotatable bonds is 4. The van der Waals surface area contributed by atoms with Crippen molar-refractivity contribution in [2.24, 2.45) is 0 Å². The van der Waals surface area contributed by atoms with Gasteiger partial charge in [-0.2, -0.15) is 26.3 Å². The van der Waals surface area contributed by atoms with Crippen LogP contribution in [-0.4, -0.2) is 13.0 Å². The minimum atomic E-state index is -5.01. The number of hydrogen-bond acceptors (Lipinski definition) is 2. The van der Waals surface area contributed by atoms with Gasteiger partial charge in [0.1, 0.15) is 5.75 Å². The number of nitrogens with one attached hydrogen (secondary N) is 1. The number of carbonyl (C=O) groups is 1. The van der Waals surface area contributed by atoms with E-state index in [2.05, 4.69) is 5.32 Å². The zero-order valence-corrected chi connectivity index (χ0v) is 13.3. The Morgan fingerprint density at radius 1 is 0.962 bits per heavy atom. The molecular weight excluding hydrogens is 364 g/mol. The number of alkyl halides is 6. The Bertz CT molecular complexity index is 766. The molecule has 0 unspecified atom stereocenters. The third-order valence-electron chi connectivity index (χ3n) is 3.44. The molecule has 0 aliphatic heterocycles. The highest BCUT2D eigenvalue weighted by Crippen LogP contribution is 2.36. The van der Waals surface area contributed by atoms with Crippen LogP contribution in [-0.2, 0) is 18.9 Å². The van der Waals surface area contributed by atoms with Gasteiger partial charge in [-0.05, 0) is 35.9 Å². The summed E-state index contributed by atoms with van der Waals surface area (Å²) in [4.78, 5) is 12.1. The molecule has 0 saturated heterocycles. The molecule has 0 aliphatic rings. The van der Waals surface area contributed by atoms with Crippen molar-refractivity contribution in [3.8, 4) is 5.75 Å². The Balaban J connectivity index is 2.27. The molecular formula is C17H13F6NO2. The maximum atomic E-state index is 12.8. The summed E-state index contributed by atoms with van der Waals surface area (Å²) in [6, 6.07) is 7.22. The van der Waals surface area contributed by atoms with Gasteiger partial charge in [0, 0.05) is 12.1 Å². The predicted molar refractivity (Wildman–Crippen MR) is 80.6 cm³/mol. The number of amides is 1. The van der Waals surface area contributed by atoms with Crippen LogP contribution in [0, 0.1) is 0 Å². The van der Waals surface area contributed by atoms with Crippen molar-refractivity contribution in [1.82, 2.24) is 5.32 Å². The molecule has 9 heteroatoms. The molecule has 2 aromatic rings. The van der Waals surface area contributed by atoms with E-state index in [0.29, 0.717) is 23.4 Å². The molecule has 0 aromatic heterocycles. The molecule has 2 aromatic carbocycles. The summed E-state index contributed by atoms with van der Waals surface area (Å²) in [6.45, 7) is -0.0897. The molecule has 0 radical (unpaired) electrons. The van der Waals surface area contributed by atoms with E-state index in [1.807, 2.05) is 0 Å². The van der Waals surface area contributed by atoms with Crippen LogP contribution in [0.5, 0.6) is 5.75 Å². The molecule has 140 valence electrons. The summed E-state index contributed by atoms with van der Waals surface area (Å²) >= 11 is 0. The fourth-order valence-electron chi connectivity index (χ4n) is 2.15. The minimum absolute atomic E-state index is 0.0289. The van der Waals surface area contributed by atoms with Crippen molar-refractivity contribution in [1.29, 1.82) is 0 Å². The Kier molecular flexibility index (Phi) is 5.48. The van der Waals surface area contributed by atoms with Gasteiger partial charge in [0.15, 0.2) is 0 Å². The molecule has 0 fully saturated rings. The fourth-order valence-corrected chi connectivity index (χ4v) is 2.15.